The Morgan fingerprint density at radius 3 is 3.04 bits per heavy atom. The fourth-order valence-corrected chi connectivity index (χ4v) is 2.61. The van der Waals surface area contributed by atoms with Gasteiger partial charge in [0.25, 0.3) is 11.6 Å². The Morgan fingerprint density at radius 2 is 2.22 bits per heavy atom. The van der Waals surface area contributed by atoms with E-state index < -0.39 is 4.92 Å². The highest BCUT2D eigenvalue weighted by Gasteiger charge is 2.21. The van der Waals surface area contributed by atoms with Crippen molar-refractivity contribution < 1.29 is 9.72 Å². The van der Waals surface area contributed by atoms with Crippen molar-refractivity contribution in [1.82, 2.24) is 15.6 Å². The summed E-state index contributed by atoms with van der Waals surface area (Å²) < 4.78 is 0. The maximum atomic E-state index is 12.1. The summed E-state index contributed by atoms with van der Waals surface area (Å²) in [6.07, 6.45) is 5.25. The van der Waals surface area contributed by atoms with Crippen LogP contribution in [0.1, 0.15) is 40.2 Å². The number of fused-ring (bicyclic) bond motifs is 1. The lowest BCUT2D eigenvalue weighted by atomic mass is 9.96. The second kappa shape index (κ2) is 6.39. The quantitative estimate of drug-likeness (QED) is 0.510. The molecule has 2 aromatic rings. The van der Waals surface area contributed by atoms with E-state index in [9.17, 15) is 14.9 Å². The maximum Gasteiger partial charge on any atom is 0.292 e. The van der Waals surface area contributed by atoms with Crippen LogP contribution in [-0.2, 0) is 12.8 Å². The molecule has 8 heteroatoms. The number of nitrogens with zero attached hydrogens (tertiary/aromatic N) is 3. The lowest BCUT2D eigenvalue weighted by molar-refractivity contribution is -0.384. The van der Waals surface area contributed by atoms with Crippen LogP contribution >= 0.6 is 0 Å². The molecule has 0 fully saturated rings. The molecule has 23 heavy (non-hydrogen) atoms. The number of non-ortho nitro benzene ring substituents is 1. The van der Waals surface area contributed by atoms with E-state index in [4.69, 9.17) is 0 Å². The zero-order chi connectivity index (χ0) is 16.2. The van der Waals surface area contributed by atoms with Gasteiger partial charge in [-0.3, -0.25) is 20.0 Å². The number of rotatable bonds is 4. The lowest BCUT2D eigenvalue weighted by Gasteiger charge is -2.10. The van der Waals surface area contributed by atoms with E-state index in [1.54, 1.807) is 12.1 Å². The van der Waals surface area contributed by atoms with Crippen molar-refractivity contribution in [1.29, 1.82) is 0 Å². The van der Waals surface area contributed by atoms with Crippen LogP contribution < -0.4 is 5.43 Å². The summed E-state index contributed by atoms with van der Waals surface area (Å²) >= 11 is 0. The molecular weight excluding hydrogens is 298 g/mol. The molecular formula is C15H15N5O3. The van der Waals surface area contributed by atoms with E-state index >= 15 is 0 Å². The lowest BCUT2D eigenvalue weighted by Crippen LogP contribution is -2.20. The first-order valence-corrected chi connectivity index (χ1v) is 7.29. The summed E-state index contributed by atoms with van der Waals surface area (Å²) in [6, 6.07) is 6.00. The predicted molar refractivity (Wildman–Crippen MR) is 83.4 cm³/mol. The van der Waals surface area contributed by atoms with Gasteiger partial charge in [-0.05, 0) is 25.7 Å². The first kappa shape index (κ1) is 14.9. The van der Waals surface area contributed by atoms with Crippen LogP contribution in [0.2, 0.25) is 0 Å². The molecule has 0 saturated heterocycles. The van der Waals surface area contributed by atoms with Crippen LogP contribution in [0.25, 0.3) is 0 Å². The summed E-state index contributed by atoms with van der Waals surface area (Å²) in [5.41, 5.74) is 5.26. The number of nitro benzene ring substituents is 1. The first-order valence-electron chi connectivity index (χ1n) is 7.29. The number of H-pyrrole nitrogens is 1. The van der Waals surface area contributed by atoms with Crippen molar-refractivity contribution in [2.45, 2.75) is 25.7 Å². The van der Waals surface area contributed by atoms with Crippen LogP contribution in [0, 0.1) is 10.1 Å². The molecule has 1 aliphatic rings. The fourth-order valence-electron chi connectivity index (χ4n) is 2.61. The number of hydrazone groups is 1. The standard InChI is InChI=1S/C15H15N5O3/c21-15(14-12-6-1-2-7-13(12)17-18-14)19-16-9-10-4-3-5-11(8-10)20(22)23/h3-5,8-9H,1-2,6-7H2,(H,17,18)(H,19,21)/b16-9-. The Labute approximate surface area is 131 Å². The molecule has 2 N–H and O–H groups in total. The normalized spacial score (nSPS) is 13.7. The van der Waals surface area contributed by atoms with E-state index in [2.05, 4.69) is 20.7 Å². The number of nitro groups is 1. The topological polar surface area (TPSA) is 113 Å². The second-order valence-electron chi connectivity index (χ2n) is 5.29. The SMILES string of the molecule is O=C(N/N=C\c1cccc([N+](=O)[O-])c1)c1n[nH]c2c1CCCC2. The van der Waals surface area contributed by atoms with Gasteiger partial charge < -0.3 is 0 Å². The molecule has 0 saturated carbocycles. The molecule has 0 unspecified atom stereocenters. The summed E-state index contributed by atoms with van der Waals surface area (Å²) in [6.45, 7) is 0. The third-order valence-corrected chi connectivity index (χ3v) is 3.73. The third-order valence-electron chi connectivity index (χ3n) is 3.73. The number of hydrogen-bond donors (Lipinski definition) is 2. The average molecular weight is 313 g/mol. The monoisotopic (exact) mass is 313 g/mol. The largest absolute Gasteiger partial charge is 0.292 e. The summed E-state index contributed by atoms with van der Waals surface area (Å²) in [5.74, 6) is -0.383. The maximum absolute atomic E-state index is 12.1. The molecule has 1 aromatic heterocycles. The molecule has 0 radical (unpaired) electrons. The molecule has 1 amide bonds. The van der Waals surface area contributed by atoms with Gasteiger partial charge in [-0.2, -0.15) is 10.2 Å². The number of carbonyl (C=O) groups excluding carboxylic acids is 1. The molecule has 0 aliphatic heterocycles. The highest BCUT2D eigenvalue weighted by Crippen LogP contribution is 2.21. The van der Waals surface area contributed by atoms with Gasteiger partial charge in [-0.1, -0.05) is 12.1 Å². The van der Waals surface area contributed by atoms with Gasteiger partial charge in [0.2, 0.25) is 0 Å². The van der Waals surface area contributed by atoms with E-state index in [1.807, 2.05) is 0 Å². The van der Waals surface area contributed by atoms with Crippen LogP contribution in [0.4, 0.5) is 5.69 Å². The van der Waals surface area contributed by atoms with E-state index in [-0.39, 0.29) is 11.6 Å². The molecule has 3 rings (SSSR count). The van der Waals surface area contributed by atoms with Crippen LogP contribution in [0.5, 0.6) is 0 Å². The molecule has 0 atom stereocenters. The minimum atomic E-state index is -0.480. The van der Waals surface area contributed by atoms with Gasteiger partial charge in [0.05, 0.1) is 11.1 Å². The van der Waals surface area contributed by atoms with Gasteiger partial charge in [0, 0.05) is 29.0 Å². The molecule has 0 spiro atoms. The number of amides is 1. The molecule has 8 nitrogen and oxygen atoms in total. The Balaban J connectivity index is 1.68. The number of hydrogen-bond acceptors (Lipinski definition) is 5. The predicted octanol–water partition coefficient (Wildman–Crippen LogP) is 1.96. The van der Waals surface area contributed by atoms with Crippen molar-refractivity contribution in [3.05, 3.63) is 56.9 Å². The molecule has 1 heterocycles. The summed E-state index contributed by atoms with van der Waals surface area (Å²) in [5, 5.41) is 21.5. The molecule has 118 valence electrons. The van der Waals surface area contributed by atoms with E-state index in [1.165, 1.54) is 18.3 Å². The third kappa shape index (κ3) is 3.25. The highest BCUT2D eigenvalue weighted by atomic mass is 16.6. The van der Waals surface area contributed by atoms with E-state index in [0.717, 1.165) is 36.9 Å². The summed E-state index contributed by atoms with van der Waals surface area (Å²) in [4.78, 5) is 22.4. The van der Waals surface area contributed by atoms with Gasteiger partial charge in [-0.15, -0.1) is 0 Å². The molecule has 1 aliphatic carbocycles. The minimum absolute atomic E-state index is 0.0263. The molecule has 0 bridgehead atoms. The zero-order valence-corrected chi connectivity index (χ0v) is 12.3. The van der Waals surface area contributed by atoms with Crippen LogP contribution in [0.15, 0.2) is 29.4 Å². The number of benzene rings is 1. The Kier molecular flexibility index (Phi) is 4.13. The van der Waals surface area contributed by atoms with Crippen molar-refractivity contribution in [2.24, 2.45) is 5.10 Å². The van der Waals surface area contributed by atoms with Gasteiger partial charge in [0.15, 0.2) is 5.69 Å². The van der Waals surface area contributed by atoms with Crippen LogP contribution in [0.3, 0.4) is 0 Å². The van der Waals surface area contributed by atoms with Crippen molar-refractivity contribution >= 4 is 17.8 Å². The Bertz CT molecular complexity index is 781. The number of aromatic amines is 1. The minimum Gasteiger partial charge on any atom is -0.281 e. The summed E-state index contributed by atoms with van der Waals surface area (Å²) in [7, 11) is 0. The Hall–Kier alpha value is -3.03. The first-order chi connectivity index (χ1) is 11.1. The van der Waals surface area contributed by atoms with Crippen LogP contribution in [-0.4, -0.2) is 27.2 Å². The second-order valence-corrected chi connectivity index (χ2v) is 5.29. The number of aromatic nitrogens is 2. The highest BCUT2D eigenvalue weighted by molar-refractivity contribution is 5.94. The zero-order valence-electron chi connectivity index (χ0n) is 12.3. The smallest absolute Gasteiger partial charge is 0.281 e. The Morgan fingerprint density at radius 1 is 1.39 bits per heavy atom. The van der Waals surface area contributed by atoms with E-state index in [0.29, 0.717) is 11.3 Å². The van der Waals surface area contributed by atoms with Gasteiger partial charge in [-0.25, -0.2) is 5.43 Å². The van der Waals surface area contributed by atoms with Crippen molar-refractivity contribution in [3.8, 4) is 0 Å². The molecule has 1 aromatic carbocycles. The number of aryl methyl sites for hydroxylation is 1. The van der Waals surface area contributed by atoms with Gasteiger partial charge in [0.1, 0.15) is 0 Å². The average Bonchev–Trinajstić information content (AvgIpc) is 2.99. The fraction of sp³-hybridized carbons (Fsp3) is 0.267. The van der Waals surface area contributed by atoms with Crippen molar-refractivity contribution in [2.75, 3.05) is 0 Å². The van der Waals surface area contributed by atoms with Crippen molar-refractivity contribution in [3.63, 3.8) is 0 Å². The van der Waals surface area contributed by atoms with Gasteiger partial charge >= 0.3 is 0 Å². The number of nitrogens with one attached hydrogen (secondary N) is 2. The number of carbonyl (C=O) groups is 1.